The number of carbonyl (C=O) groups is 1. The largest absolute Gasteiger partial charge is 0.361 e. The van der Waals surface area contributed by atoms with E-state index in [0.29, 0.717) is 18.4 Å². The molecule has 1 N–H and O–H groups in total. The van der Waals surface area contributed by atoms with Crippen molar-refractivity contribution >= 4 is 11.9 Å². The zero-order chi connectivity index (χ0) is 21.7. The highest BCUT2D eigenvalue weighted by Gasteiger charge is 2.28. The molecule has 3 heterocycles. The number of likely N-dealkylation sites (tertiary alicyclic amines) is 1. The number of hydrogen-bond donors (Lipinski definition) is 1. The summed E-state index contributed by atoms with van der Waals surface area (Å²) in [6.07, 6.45) is 2.09. The molecule has 2 atom stereocenters. The van der Waals surface area contributed by atoms with E-state index in [0.717, 1.165) is 69.6 Å². The van der Waals surface area contributed by atoms with Crippen LogP contribution in [-0.4, -0.2) is 91.1 Å². The van der Waals surface area contributed by atoms with Gasteiger partial charge in [-0.15, -0.1) is 0 Å². The van der Waals surface area contributed by atoms with Gasteiger partial charge in [-0.25, -0.2) is 0 Å². The van der Waals surface area contributed by atoms with Crippen molar-refractivity contribution in [3.63, 3.8) is 0 Å². The SMILES string of the molecule is CN=C(NCCc1c(C)noc1C)N1CCN(CC(=O)N2CC(C)CC(C)C2)CC1. The quantitative estimate of drug-likeness (QED) is 0.577. The maximum Gasteiger partial charge on any atom is 0.236 e. The molecule has 2 aliphatic rings. The van der Waals surface area contributed by atoms with Crippen LogP contribution in [0.5, 0.6) is 0 Å². The van der Waals surface area contributed by atoms with Crippen LogP contribution in [0.25, 0.3) is 0 Å². The van der Waals surface area contributed by atoms with Gasteiger partial charge in [0, 0.05) is 58.4 Å². The van der Waals surface area contributed by atoms with Gasteiger partial charge < -0.3 is 19.6 Å². The van der Waals surface area contributed by atoms with Gasteiger partial charge in [0.05, 0.1) is 12.2 Å². The third-order valence-corrected chi connectivity index (χ3v) is 6.30. The lowest BCUT2D eigenvalue weighted by molar-refractivity contribution is -0.135. The lowest BCUT2D eigenvalue weighted by atomic mass is 9.92. The monoisotopic (exact) mass is 418 g/mol. The second kappa shape index (κ2) is 10.3. The molecule has 1 aromatic heterocycles. The summed E-state index contributed by atoms with van der Waals surface area (Å²) in [5.41, 5.74) is 2.13. The Hall–Kier alpha value is -2.09. The van der Waals surface area contributed by atoms with Gasteiger partial charge in [-0.05, 0) is 38.5 Å². The van der Waals surface area contributed by atoms with Crippen molar-refractivity contribution in [1.29, 1.82) is 0 Å². The maximum atomic E-state index is 12.8. The first-order valence-corrected chi connectivity index (χ1v) is 11.2. The normalized spacial score (nSPS) is 23.7. The highest BCUT2D eigenvalue weighted by molar-refractivity contribution is 5.80. The van der Waals surface area contributed by atoms with Crippen LogP contribution in [-0.2, 0) is 11.2 Å². The number of hydrogen-bond acceptors (Lipinski definition) is 5. The molecule has 1 amide bonds. The molecule has 2 aliphatic heterocycles. The van der Waals surface area contributed by atoms with E-state index >= 15 is 0 Å². The van der Waals surface area contributed by atoms with Gasteiger partial charge in [0.15, 0.2) is 5.96 Å². The average molecular weight is 419 g/mol. The van der Waals surface area contributed by atoms with Gasteiger partial charge in [0.1, 0.15) is 5.76 Å². The summed E-state index contributed by atoms with van der Waals surface area (Å²) < 4.78 is 5.24. The molecule has 0 aromatic carbocycles. The van der Waals surface area contributed by atoms with Crippen LogP contribution in [0.4, 0.5) is 0 Å². The Morgan fingerprint density at radius 3 is 2.37 bits per heavy atom. The maximum absolute atomic E-state index is 12.8. The second-order valence-corrected chi connectivity index (χ2v) is 9.03. The Morgan fingerprint density at radius 2 is 1.80 bits per heavy atom. The molecule has 2 unspecified atom stereocenters. The Bertz CT molecular complexity index is 708. The summed E-state index contributed by atoms with van der Waals surface area (Å²) >= 11 is 0. The number of carbonyl (C=O) groups excluding carboxylic acids is 1. The topological polar surface area (TPSA) is 77.2 Å². The molecule has 168 valence electrons. The van der Waals surface area contributed by atoms with Gasteiger partial charge in [-0.3, -0.25) is 14.7 Å². The zero-order valence-corrected chi connectivity index (χ0v) is 19.3. The van der Waals surface area contributed by atoms with E-state index in [-0.39, 0.29) is 5.91 Å². The number of aliphatic imine (C=N–C) groups is 1. The van der Waals surface area contributed by atoms with E-state index in [1.807, 2.05) is 20.9 Å². The van der Waals surface area contributed by atoms with Crippen LogP contribution in [0.2, 0.25) is 0 Å². The molecule has 30 heavy (non-hydrogen) atoms. The molecular weight excluding hydrogens is 380 g/mol. The Kier molecular flexibility index (Phi) is 7.75. The number of guanidine groups is 1. The smallest absolute Gasteiger partial charge is 0.236 e. The van der Waals surface area contributed by atoms with Gasteiger partial charge in [-0.1, -0.05) is 19.0 Å². The van der Waals surface area contributed by atoms with Gasteiger partial charge >= 0.3 is 0 Å². The van der Waals surface area contributed by atoms with Crippen LogP contribution >= 0.6 is 0 Å². The summed E-state index contributed by atoms with van der Waals surface area (Å²) in [5.74, 6) is 3.30. The highest BCUT2D eigenvalue weighted by atomic mass is 16.5. The Labute approximate surface area is 180 Å². The molecule has 8 nitrogen and oxygen atoms in total. The van der Waals surface area contributed by atoms with Gasteiger partial charge in [0.25, 0.3) is 0 Å². The van der Waals surface area contributed by atoms with Crippen molar-refractivity contribution in [3.8, 4) is 0 Å². The Morgan fingerprint density at radius 1 is 1.13 bits per heavy atom. The summed E-state index contributed by atoms with van der Waals surface area (Å²) in [6, 6.07) is 0. The summed E-state index contributed by atoms with van der Waals surface area (Å²) in [4.78, 5) is 23.8. The second-order valence-electron chi connectivity index (χ2n) is 9.03. The number of piperidine rings is 1. The van der Waals surface area contributed by atoms with E-state index in [4.69, 9.17) is 4.52 Å². The lowest BCUT2D eigenvalue weighted by Gasteiger charge is -2.39. The molecule has 0 aliphatic carbocycles. The minimum absolute atomic E-state index is 0.281. The van der Waals surface area contributed by atoms with Crippen LogP contribution in [0.15, 0.2) is 9.52 Å². The van der Waals surface area contributed by atoms with E-state index in [1.165, 1.54) is 12.0 Å². The Balaban J connectivity index is 1.42. The summed E-state index contributed by atoms with van der Waals surface area (Å²) in [6.45, 7) is 15.1. The minimum atomic E-state index is 0.281. The van der Waals surface area contributed by atoms with Crippen LogP contribution < -0.4 is 5.32 Å². The summed E-state index contributed by atoms with van der Waals surface area (Å²) in [7, 11) is 1.83. The molecular formula is C22H38N6O2. The first-order valence-electron chi connectivity index (χ1n) is 11.2. The number of aromatic nitrogens is 1. The molecule has 0 spiro atoms. The van der Waals surface area contributed by atoms with E-state index in [2.05, 4.69) is 44.0 Å². The molecule has 0 radical (unpaired) electrons. The standard InChI is InChI=1S/C22H38N6O2/c1-16-12-17(2)14-28(13-16)21(29)15-26-8-10-27(11-9-26)22(23-5)24-7-6-20-18(3)25-30-19(20)4/h16-17H,6-15H2,1-5H3,(H,23,24). The van der Waals surface area contributed by atoms with Crippen molar-refractivity contribution in [2.45, 2.75) is 40.5 Å². The number of nitrogens with one attached hydrogen (secondary N) is 1. The van der Waals surface area contributed by atoms with Crippen LogP contribution in [0.3, 0.4) is 0 Å². The zero-order valence-electron chi connectivity index (χ0n) is 19.3. The third-order valence-electron chi connectivity index (χ3n) is 6.30. The number of rotatable bonds is 5. The van der Waals surface area contributed by atoms with Crippen molar-refractivity contribution in [3.05, 3.63) is 17.0 Å². The molecule has 2 saturated heterocycles. The van der Waals surface area contributed by atoms with E-state index in [1.54, 1.807) is 0 Å². The van der Waals surface area contributed by atoms with Crippen LogP contribution in [0.1, 0.15) is 37.3 Å². The molecule has 1 aromatic rings. The summed E-state index contributed by atoms with van der Waals surface area (Å²) in [5, 5.41) is 7.48. The van der Waals surface area contributed by atoms with Crippen molar-refractivity contribution in [1.82, 2.24) is 25.2 Å². The minimum Gasteiger partial charge on any atom is -0.361 e. The van der Waals surface area contributed by atoms with Gasteiger partial charge in [-0.2, -0.15) is 0 Å². The van der Waals surface area contributed by atoms with E-state index in [9.17, 15) is 4.79 Å². The fourth-order valence-electron chi connectivity index (χ4n) is 4.77. The molecule has 0 saturated carbocycles. The lowest BCUT2D eigenvalue weighted by Crippen LogP contribution is -2.55. The molecule has 2 fully saturated rings. The highest BCUT2D eigenvalue weighted by Crippen LogP contribution is 2.21. The molecule has 0 bridgehead atoms. The van der Waals surface area contributed by atoms with Crippen molar-refractivity contribution in [2.75, 3.05) is 59.4 Å². The van der Waals surface area contributed by atoms with E-state index < -0.39 is 0 Å². The number of piperazine rings is 1. The fraction of sp³-hybridized carbons (Fsp3) is 0.773. The third kappa shape index (κ3) is 5.74. The molecule has 3 rings (SSSR count). The van der Waals surface area contributed by atoms with Crippen molar-refractivity contribution in [2.24, 2.45) is 16.8 Å². The molecule has 8 heteroatoms. The number of nitrogens with zero attached hydrogens (tertiary/aromatic N) is 5. The van der Waals surface area contributed by atoms with Gasteiger partial charge in [0.2, 0.25) is 5.91 Å². The first kappa shape index (κ1) is 22.6. The van der Waals surface area contributed by atoms with Crippen LogP contribution in [0, 0.1) is 25.7 Å². The first-order chi connectivity index (χ1) is 14.4. The average Bonchev–Trinajstić information content (AvgIpc) is 3.03. The predicted molar refractivity (Wildman–Crippen MR) is 119 cm³/mol. The predicted octanol–water partition coefficient (Wildman–Crippen LogP) is 1.53. The number of amides is 1. The number of aryl methyl sites for hydroxylation is 2. The van der Waals surface area contributed by atoms with Crippen molar-refractivity contribution < 1.29 is 9.32 Å². The fourth-order valence-corrected chi connectivity index (χ4v) is 4.77.